The largest absolute Gasteiger partial charge is 0.489 e. The van der Waals surface area contributed by atoms with Crippen LogP contribution in [-0.4, -0.2) is 21.1 Å². The van der Waals surface area contributed by atoms with Gasteiger partial charge >= 0.3 is 0 Å². The minimum Gasteiger partial charge on any atom is -0.489 e. The van der Waals surface area contributed by atoms with E-state index in [1.165, 1.54) is 0 Å². The Balaban J connectivity index is 2.01. The maximum Gasteiger partial charge on any atom is 0.137 e. The van der Waals surface area contributed by atoms with Gasteiger partial charge in [0.15, 0.2) is 0 Å². The lowest BCUT2D eigenvalue weighted by Gasteiger charge is -2.11. The first-order valence-corrected chi connectivity index (χ1v) is 8.12. The highest BCUT2D eigenvalue weighted by molar-refractivity contribution is 5.67. The molecule has 24 heavy (non-hydrogen) atoms. The number of benzene rings is 1. The van der Waals surface area contributed by atoms with Gasteiger partial charge in [0.25, 0.3) is 0 Å². The number of imidazole rings is 1. The molecule has 0 spiro atoms. The van der Waals surface area contributed by atoms with Gasteiger partial charge in [-0.2, -0.15) is 0 Å². The Morgan fingerprint density at radius 3 is 2.67 bits per heavy atom. The normalized spacial score (nSPS) is 12.3. The third kappa shape index (κ3) is 3.19. The highest BCUT2D eigenvalue weighted by Gasteiger charge is 2.19. The fraction of sp³-hybridized carbons (Fsp3) is 0.250. The van der Waals surface area contributed by atoms with E-state index in [0.717, 1.165) is 33.9 Å². The van der Waals surface area contributed by atoms with E-state index in [1.54, 1.807) is 0 Å². The van der Waals surface area contributed by atoms with Gasteiger partial charge in [0, 0.05) is 11.8 Å². The Morgan fingerprint density at radius 1 is 1.25 bits per heavy atom. The lowest BCUT2D eigenvalue weighted by molar-refractivity contribution is 0.168. The summed E-state index contributed by atoms with van der Waals surface area (Å²) in [6.45, 7) is 8.24. The molecule has 3 rings (SSSR count). The predicted octanol–water partition coefficient (Wildman–Crippen LogP) is 4.40. The average molecular weight is 322 g/mol. The van der Waals surface area contributed by atoms with Gasteiger partial charge in [0.2, 0.25) is 0 Å². The molecule has 0 bridgehead atoms. The van der Waals surface area contributed by atoms with E-state index in [9.17, 15) is 5.11 Å². The standard InChI is InChI=1S/C20H22N2O2/c1-4-17(23)20-19(21-18-7-5-6-12-22(18)20)15-8-10-16(11-9-15)24-13-14(2)3/h5-12,17,23H,2,4,13H2,1,3H3. The molecule has 124 valence electrons. The van der Waals surface area contributed by atoms with Crippen molar-refractivity contribution in [2.75, 3.05) is 6.61 Å². The molecule has 0 radical (unpaired) electrons. The molecular weight excluding hydrogens is 300 g/mol. The summed E-state index contributed by atoms with van der Waals surface area (Å²) in [6, 6.07) is 13.6. The van der Waals surface area contributed by atoms with Crippen molar-refractivity contribution >= 4 is 5.65 Å². The highest BCUT2D eigenvalue weighted by atomic mass is 16.5. The van der Waals surface area contributed by atoms with Crippen molar-refractivity contribution < 1.29 is 9.84 Å². The molecule has 0 aliphatic rings. The molecule has 3 aromatic rings. The Kier molecular flexibility index (Phi) is 4.67. The number of pyridine rings is 1. The molecule has 1 unspecified atom stereocenters. The monoisotopic (exact) mass is 322 g/mol. The molecule has 1 N–H and O–H groups in total. The minimum absolute atomic E-state index is 0.507. The number of rotatable bonds is 6. The topological polar surface area (TPSA) is 46.8 Å². The van der Waals surface area contributed by atoms with Gasteiger partial charge in [-0.15, -0.1) is 0 Å². The second-order valence-corrected chi connectivity index (χ2v) is 5.97. The molecule has 4 nitrogen and oxygen atoms in total. The number of hydrogen-bond acceptors (Lipinski definition) is 3. The summed E-state index contributed by atoms with van der Waals surface area (Å²) in [6.07, 6.45) is 2.01. The summed E-state index contributed by atoms with van der Waals surface area (Å²) < 4.78 is 7.59. The maximum absolute atomic E-state index is 10.5. The molecule has 0 saturated heterocycles. The van der Waals surface area contributed by atoms with Crippen LogP contribution in [0.1, 0.15) is 32.1 Å². The van der Waals surface area contributed by atoms with Crippen LogP contribution in [0.25, 0.3) is 16.9 Å². The van der Waals surface area contributed by atoms with Crippen molar-refractivity contribution in [2.45, 2.75) is 26.4 Å². The summed E-state index contributed by atoms with van der Waals surface area (Å²) in [5.41, 5.74) is 4.40. The van der Waals surface area contributed by atoms with E-state index in [-0.39, 0.29) is 0 Å². The van der Waals surface area contributed by atoms with Gasteiger partial charge in [-0.1, -0.05) is 19.6 Å². The van der Waals surface area contributed by atoms with Crippen molar-refractivity contribution in [3.63, 3.8) is 0 Å². The molecule has 1 atom stereocenters. The van der Waals surface area contributed by atoms with Crippen LogP contribution < -0.4 is 4.74 Å². The van der Waals surface area contributed by atoms with E-state index >= 15 is 0 Å². The van der Waals surface area contributed by atoms with Crippen molar-refractivity contribution in [3.05, 3.63) is 66.5 Å². The van der Waals surface area contributed by atoms with E-state index in [0.29, 0.717) is 13.0 Å². The van der Waals surface area contributed by atoms with E-state index in [2.05, 4.69) is 6.58 Å². The Labute approximate surface area is 142 Å². The molecule has 0 aliphatic carbocycles. The van der Waals surface area contributed by atoms with E-state index in [1.807, 2.05) is 66.9 Å². The van der Waals surface area contributed by atoms with Crippen molar-refractivity contribution in [3.8, 4) is 17.0 Å². The zero-order chi connectivity index (χ0) is 17.1. The molecular formula is C20H22N2O2. The first-order chi connectivity index (χ1) is 11.6. The number of hydrogen-bond donors (Lipinski definition) is 1. The maximum atomic E-state index is 10.5. The minimum atomic E-state index is -0.559. The molecule has 0 amide bonds. The summed E-state index contributed by atoms with van der Waals surface area (Å²) in [5, 5.41) is 10.5. The van der Waals surface area contributed by atoms with Crippen molar-refractivity contribution in [2.24, 2.45) is 0 Å². The number of aliphatic hydroxyl groups excluding tert-OH is 1. The first kappa shape index (κ1) is 16.3. The quantitative estimate of drug-likeness (QED) is 0.684. The van der Waals surface area contributed by atoms with Crippen molar-refractivity contribution in [1.29, 1.82) is 0 Å². The van der Waals surface area contributed by atoms with Crippen LogP contribution >= 0.6 is 0 Å². The Morgan fingerprint density at radius 2 is 2.00 bits per heavy atom. The third-order valence-electron chi connectivity index (χ3n) is 3.88. The number of ether oxygens (including phenoxy) is 1. The SMILES string of the molecule is C=C(C)COc1ccc(-c2nc3ccccn3c2C(O)CC)cc1. The second kappa shape index (κ2) is 6.89. The molecule has 4 heteroatoms. The van der Waals surface area contributed by atoms with Gasteiger partial charge in [-0.3, -0.25) is 0 Å². The zero-order valence-corrected chi connectivity index (χ0v) is 14.1. The molecule has 0 saturated carbocycles. The summed E-state index contributed by atoms with van der Waals surface area (Å²) in [7, 11) is 0. The van der Waals surface area contributed by atoms with Gasteiger partial charge in [-0.05, 0) is 55.3 Å². The zero-order valence-electron chi connectivity index (χ0n) is 14.1. The molecule has 1 aromatic carbocycles. The fourth-order valence-electron chi connectivity index (χ4n) is 2.65. The number of nitrogens with zero attached hydrogens (tertiary/aromatic N) is 2. The fourth-order valence-corrected chi connectivity index (χ4v) is 2.65. The predicted molar refractivity (Wildman–Crippen MR) is 96.2 cm³/mol. The molecule has 2 aromatic heterocycles. The van der Waals surface area contributed by atoms with Crippen LogP contribution in [0.3, 0.4) is 0 Å². The van der Waals surface area contributed by atoms with Crippen LogP contribution in [-0.2, 0) is 0 Å². The second-order valence-electron chi connectivity index (χ2n) is 5.97. The number of aliphatic hydroxyl groups is 1. The lowest BCUT2D eigenvalue weighted by Crippen LogP contribution is -2.02. The van der Waals surface area contributed by atoms with Crippen LogP contribution in [0.4, 0.5) is 0 Å². The van der Waals surface area contributed by atoms with E-state index in [4.69, 9.17) is 9.72 Å². The van der Waals surface area contributed by atoms with Gasteiger partial charge < -0.3 is 14.2 Å². The third-order valence-corrected chi connectivity index (χ3v) is 3.88. The Bertz CT molecular complexity index is 850. The molecule has 0 fully saturated rings. The lowest BCUT2D eigenvalue weighted by atomic mass is 10.1. The average Bonchev–Trinajstić information content (AvgIpc) is 2.99. The van der Waals surface area contributed by atoms with Crippen LogP contribution in [0.5, 0.6) is 5.75 Å². The number of aromatic nitrogens is 2. The highest BCUT2D eigenvalue weighted by Crippen LogP contribution is 2.31. The number of fused-ring (bicyclic) bond motifs is 1. The van der Waals surface area contributed by atoms with Gasteiger partial charge in [0.05, 0.1) is 17.5 Å². The summed E-state index contributed by atoms with van der Waals surface area (Å²) in [5.74, 6) is 0.795. The molecule has 0 aliphatic heterocycles. The van der Waals surface area contributed by atoms with Crippen LogP contribution in [0, 0.1) is 0 Å². The summed E-state index contributed by atoms with van der Waals surface area (Å²) in [4.78, 5) is 4.70. The van der Waals surface area contributed by atoms with Crippen molar-refractivity contribution in [1.82, 2.24) is 9.38 Å². The summed E-state index contributed by atoms with van der Waals surface area (Å²) >= 11 is 0. The van der Waals surface area contributed by atoms with Crippen LogP contribution in [0.15, 0.2) is 60.8 Å². The van der Waals surface area contributed by atoms with Crippen LogP contribution in [0.2, 0.25) is 0 Å². The molecule has 2 heterocycles. The van der Waals surface area contributed by atoms with Gasteiger partial charge in [-0.25, -0.2) is 4.98 Å². The first-order valence-electron chi connectivity index (χ1n) is 8.12. The van der Waals surface area contributed by atoms with E-state index < -0.39 is 6.10 Å². The Hall–Kier alpha value is -2.59. The smallest absolute Gasteiger partial charge is 0.137 e. The van der Waals surface area contributed by atoms with Gasteiger partial charge in [0.1, 0.15) is 18.0 Å².